The van der Waals surface area contributed by atoms with Crippen LogP contribution >= 0.6 is 0 Å². The van der Waals surface area contributed by atoms with Crippen LogP contribution in [0.5, 0.6) is 0 Å². The molecule has 0 fully saturated rings. The van der Waals surface area contributed by atoms with E-state index in [0.29, 0.717) is 5.92 Å². The minimum Gasteiger partial charge on any atom is -0.403 e. The first-order valence-corrected chi connectivity index (χ1v) is 3.93. The van der Waals surface area contributed by atoms with Gasteiger partial charge in [0.2, 0.25) is 0 Å². The number of nitrogens with one attached hydrogen (secondary N) is 1. The smallest absolute Gasteiger partial charge is 0.0274 e. The van der Waals surface area contributed by atoms with Crippen molar-refractivity contribution >= 4 is 0 Å². The Labute approximate surface area is 69.2 Å². The number of nitrogens with two attached hydrogens (primary N) is 1. The largest absolute Gasteiger partial charge is 0.403 e. The van der Waals surface area contributed by atoms with Crippen LogP contribution in [0, 0.1) is 5.92 Å². The Morgan fingerprint density at radius 2 is 2.00 bits per heavy atom. The second-order valence-corrected chi connectivity index (χ2v) is 2.87. The summed E-state index contributed by atoms with van der Waals surface area (Å²) >= 11 is 0. The molecule has 0 heterocycles. The van der Waals surface area contributed by atoms with Gasteiger partial charge in [-0.1, -0.05) is 19.9 Å². The zero-order chi connectivity index (χ0) is 8.85. The first-order valence-electron chi connectivity index (χ1n) is 3.93. The molecule has 0 radical (unpaired) electrons. The van der Waals surface area contributed by atoms with Crippen molar-refractivity contribution in [3.8, 4) is 0 Å². The van der Waals surface area contributed by atoms with Gasteiger partial charge >= 0.3 is 0 Å². The number of allylic oxidation sites excluding steroid dienone is 3. The highest BCUT2D eigenvalue weighted by molar-refractivity contribution is 5.09. The van der Waals surface area contributed by atoms with Crippen LogP contribution in [0.2, 0.25) is 0 Å². The van der Waals surface area contributed by atoms with Gasteiger partial charge in [0, 0.05) is 17.6 Å². The third-order valence-electron chi connectivity index (χ3n) is 1.52. The Morgan fingerprint density at radius 1 is 1.45 bits per heavy atom. The topological polar surface area (TPSA) is 38.0 Å². The average molecular weight is 154 g/mol. The fourth-order valence-electron chi connectivity index (χ4n) is 0.819. The average Bonchev–Trinajstić information content (AvgIpc) is 1.99. The Morgan fingerprint density at radius 3 is 2.27 bits per heavy atom. The lowest BCUT2D eigenvalue weighted by Crippen LogP contribution is -2.15. The molecule has 0 aromatic heterocycles. The molecule has 11 heavy (non-hydrogen) atoms. The first-order chi connectivity index (χ1) is 5.11. The molecule has 0 aliphatic rings. The maximum Gasteiger partial charge on any atom is 0.0274 e. The van der Waals surface area contributed by atoms with Crippen molar-refractivity contribution in [3.63, 3.8) is 0 Å². The minimum absolute atomic E-state index is 0.523. The van der Waals surface area contributed by atoms with E-state index in [1.54, 1.807) is 6.20 Å². The van der Waals surface area contributed by atoms with E-state index in [-0.39, 0.29) is 0 Å². The molecule has 0 atom stereocenters. The van der Waals surface area contributed by atoms with Gasteiger partial charge in [0.15, 0.2) is 0 Å². The van der Waals surface area contributed by atoms with Gasteiger partial charge in [-0.15, -0.1) is 0 Å². The Kier molecular flexibility index (Phi) is 4.42. The van der Waals surface area contributed by atoms with Gasteiger partial charge in [0.05, 0.1) is 0 Å². The van der Waals surface area contributed by atoms with Crippen molar-refractivity contribution in [3.05, 3.63) is 23.7 Å². The van der Waals surface area contributed by atoms with Gasteiger partial charge in [-0.3, -0.25) is 0 Å². The SMILES string of the molecule is C/C=C(\N/C(C)=C\N)C(C)C. The standard InChI is InChI=1S/C9H18N2/c1-5-9(7(2)3)11-8(4)6-10/h5-7,11H,10H2,1-4H3/b8-6-,9-5-. The van der Waals surface area contributed by atoms with E-state index in [4.69, 9.17) is 5.73 Å². The summed E-state index contributed by atoms with van der Waals surface area (Å²) in [5, 5.41) is 3.21. The Hall–Kier alpha value is -0.920. The van der Waals surface area contributed by atoms with Gasteiger partial charge in [-0.05, 0) is 19.8 Å². The molecule has 0 saturated heterocycles. The van der Waals surface area contributed by atoms with E-state index in [9.17, 15) is 0 Å². The zero-order valence-electron chi connectivity index (χ0n) is 7.81. The molecule has 0 bridgehead atoms. The zero-order valence-corrected chi connectivity index (χ0v) is 7.81. The predicted octanol–water partition coefficient (Wildman–Crippen LogP) is 1.96. The van der Waals surface area contributed by atoms with Crippen LogP contribution in [0.15, 0.2) is 23.7 Å². The molecule has 0 unspecified atom stereocenters. The highest BCUT2D eigenvalue weighted by Gasteiger charge is 2.00. The highest BCUT2D eigenvalue weighted by atomic mass is 14.9. The molecular weight excluding hydrogens is 136 g/mol. The highest BCUT2D eigenvalue weighted by Crippen LogP contribution is 2.06. The second-order valence-electron chi connectivity index (χ2n) is 2.87. The lowest BCUT2D eigenvalue weighted by molar-refractivity contribution is 0.696. The molecule has 64 valence electrons. The predicted molar refractivity (Wildman–Crippen MR) is 49.7 cm³/mol. The van der Waals surface area contributed by atoms with Crippen molar-refractivity contribution in [2.24, 2.45) is 11.7 Å². The molecule has 0 aromatic rings. The second kappa shape index (κ2) is 4.83. The summed E-state index contributed by atoms with van der Waals surface area (Å²) < 4.78 is 0. The fourth-order valence-corrected chi connectivity index (χ4v) is 0.819. The van der Waals surface area contributed by atoms with Crippen molar-refractivity contribution in [1.29, 1.82) is 0 Å². The van der Waals surface area contributed by atoms with E-state index < -0.39 is 0 Å². The molecular formula is C9H18N2. The summed E-state index contributed by atoms with van der Waals surface area (Å²) in [4.78, 5) is 0. The molecule has 2 heteroatoms. The summed E-state index contributed by atoms with van der Waals surface area (Å²) in [7, 11) is 0. The lowest BCUT2D eigenvalue weighted by Gasteiger charge is -2.13. The number of hydrogen-bond donors (Lipinski definition) is 2. The molecule has 0 rings (SSSR count). The van der Waals surface area contributed by atoms with Crippen LogP contribution in [0.4, 0.5) is 0 Å². The number of rotatable bonds is 3. The van der Waals surface area contributed by atoms with Crippen LogP contribution < -0.4 is 11.1 Å². The maximum atomic E-state index is 5.32. The quantitative estimate of drug-likeness (QED) is 0.652. The van der Waals surface area contributed by atoms with E-state index in [1.807, 2.05) is 13.8 Å². The van der Waals surface area contributed by atoms with Crippen molar-refractivity contribution in [1.82, 2.24) is 5.32 Å². The van der Waals surface area contributed by atoms with Crippen LogP contribution in [-0.4, -0.2) is 0 Å². The first kappa shape index (κ1) is 10.1. The fraction of sp³-hybridized carbons (Fsp3) is 0.556. The molecule has 0 saturated carbocycles. The van der Waals surface area contributed by atoms with E-state index in [0.717, 1.165) is 5.70 Å². The summed E-state index contributed by atoms with van der Waals surface area (Å²) in [6, 6.07) is 0. The van der Waals surface area contributed by atoms with E-state index in [1.165, 1.54) is 5.70 Å². The Bertz CT molecular complexity index is 166. The Balaban J connectivity index is 4.12. The summed E-state index contributed by atoms with van der Waals surface area (Å²) in [5.74, 6) is 0.523. The third-order valence-corrected chi connectivity index (χ3v) is 1.52. The summed E-state index contributed by atoms with van der Waals surface area (Å²) in [5.41, 5.74) is 7.53. The maximum absolute atomic E-state index is 5.32. The summed E-state index contributed by atoms with van der Waals surface area (Å²) in [6.45, 7) is 8.26. The minimum atomic E-state index is 0.523. The molecule has 3 N–H and O–H groups in total. The lowest BCUT2D eigenvalue weighted by atomic mass is 10.1. The molecule has 0 spiro atoms. The summed E-state index contributed by atoms with van der Waals surface area (Å²) in [6.07, 6.45) is 3.64. The molecule has 2 nitrogen and oxygen atoms in total. The third kappa shape index (κ3) is 3.71. The van der Waals surface area contributed by atoms with Gasteiger partial charge < -0.3 is 11.1 Å². The monoisotopic (exact) mass is 154 g/mol. The van der Waals surface area contributed by atoms with Crippen LogP contribution in [0.1, 0.15) is 27.7 Å². The number of hydrogen-bond acceptors (Lipinski definition) is 2. The van der Waals surface area contributed by atoms with Crippen LogP contribution in [-0.2, 0) is 0 Å². The molecule has 0 aliphatic carbocycles. The van der Waals surface area contributed by atoms with E-state index >= 15 is 0 Å². The normalized spacial score (nSPS) is 13.9. The molecule has 0 aromatic carbocycles. The van der Waals surface area contributed by atoms with Crippen molar-refractivity contribution < 1.29 is 0 Å². The van der Waals surface area contributed by atoms with Gasteiger partial charge in [-0.25, -0.2) is 0 Å². The molecule has 0 aliphatic heterocycles. The van der Waals surface area contributed by atoms with Gasteiger partial charge in [-0.2, -0.15) is 0 Å². The van der Waals surface area contributed by atoms with Crippen molar-refractivity contribution in [2.75, 3.05) is 0 Å². The van der Waals surface area contributed by atoms with Crippen molar-refractivity contribution in [2.45, 2.75) is 27.7 Å². The van der Waals surface area contributed by atoms with Crippen LogP contribution in [0.3, 0.4) is 0 Å². The molecule has 0 amide bonds. The van der Waals surface area contributed by atoms with Gasteiger partial charge in [0.1, 0.15) is 0 Å². The van der Waals surface area contributed by atoms with Gasteiger partial charge in [0.25, 0.3) is 0 Å². The van der Waals surface area contributed by atoms with E-state index in [2.05, 4.69) is 25.2 Å². The van der Waals surface area contributed by atoms with Crippen LogP contribution in [0.25, 0.3) is 0 Å².